The fourth-order valence-corrected chi connectivity index (χ4v) is 2.60. The van der Waals surface area contributed by atoms with Crippen molar-refractivity contribution >= 4 is 17.7 Å². The van der Waals surface area contributed by atoms with Crippen molar-refractivity contribution in [2.24, 2.45) is 0 Å². The highest BCUT2D eigenvalue weighted by Gasteiger charge is 2.17. The molecule has 0 fully saturated rings. The Hall–Kier alpha value is -2.75. The summed E-state index contributed by atoms with van der Waals surface area (Å²) >= 11 is 0. The lowest BCUT2D eigenvalue weighted by molar-refractivity contribution is -0.118. The molecule has 2 aromatic rings. The minimum absolute atomic E-state index is 0.0735. The molecule has 2 aromatic carbocycles. The molecule has 0 spiro atoms. The number of anilines is 1. The number of amides is 1. The summed E-state index contributed by atoms with van der Waals surface area (Å²) in [6, 6.07) is 15.7. The molecule has 4 nitrogen and oxygen atoms in total. The average molecular weight is 323 g/mol. The fraction of sp³-hybridized carbons (Fsp3) is 0.250. The number of ether oxygens (including phenoxy) is 2. The highest BCUT2D eigenvalue weighted by Crippen LogP contribution is 2.34. The number of fused-ring (bicyclic) bond motifs is 1. The summed E-state index contributed by atoms with van der Waals surface area (Å²) in [5.74, 6) is 1.50. The van der Waals surface area contributed by atoms with Gasteiger partial charge in [-0.2, -0.15) is 0 Å². The molecule has 0 unspecified atom stereocenters. The molecule has 124 valence electrons. The van der Waals surface area contributed by atoms with Gasteiger partial charge in [0.15, 0.2) is 11.5 Å². The van der Waals surface area contributed by atoms with E-state index in [1.54, 1.807) is 4.90 Å². The largest absolute Gasteiger partial charge is 0.486 e. The van der Waals surface area contributed by atoms with E-state index in [1.165, 1.54) is 0 Å². The number of hydrogen-bond acceptors (Lipinski definition) is 3. The summed E-state index contributed by atoms with van der Waals surface area (Å²) in [6.07, 6.45) is 4.47. The Morgan fingerprint density at radius 2 is 1.83 bits per heavy atom. The van der Waals surface area contributed by atoms with Crippen molar-refractivity contribution in [2.75, 3.05) is 24.7 Å². The van der Waals surface area contributed by atoms with Gasteiger partial charge in [0.2, 0.25) is 5.91 Å². The molecule has 0 aromatic heterocycles. The first-order valence-electron chi connectivity index (χ1n) is 8.19. The van der Waals surface area contributed by atoms with Crippen molar-refractivity contribution in [3.05, 3.63) is 60.2 Å². The van der Waals surface area contributed by atoms with Crippen molar-refractivity contribution in [3.8, 4) is 11.5 Å². The maximum absolute atomic E-state index is 12.3. The molecule has 0 saturated heterocycles. The average Bonchev–Trinajstić information content (AvgIpc) is 2.65. The number of benzene rings is 2. The zero-order valence-electron chi connectivity index (χ0n) is 13.8. The minimum Gasteiger partial charge on any atom is -0.486 e. The van der Waals surface area contributed by atoms with E-state index in [9.17, 15) is 4.79 Å². The predicted octanol–water partition coefficient (Wildman–Crippen LogP) is 3.91. The highest BCUT2D eigenvalue weighted by molar-refractivity contribution is 5.93. The second-order valence-electron chi connectivity index (χ2n) is 5.50. The van der Waals surface area contributed by atoms with Crippen LogP contribution in [0.15, 0.2) is 54.6 Å². The number of rotatable bonds is 5. The molecule has 0 saturated carbocycles. The van der Waals surface area contributed by atoms with Crippen LogP contribution in [0.2, 0.25) is 0 Å². The summed E-state index contributed by atoms with van der Waals surface area (Å²) < 4.78 is 11.2. The standard InChI is InChI=1S/C20H21NO3/c1-2-20(22)21(12-6-9-16-7-4-3-5-8-16)17-10-11-18-19(15-17)24-14-13-23-18/h3-11,15H,2,12-14H2,1H3. The van der Waals surface area contributed by atoms with Gasteiger partial charge in [-0.05, 0) is 17.7 Å². The van der Waals surface area contributed by atoms with Gasteiger partial charge in [-0.1, -0.05) is 49.4 Å². The first kappa shape index (κ1) is 16.1. The lowest BCUT2D eigenvalue weighted by Gasteiger charge is -2.24. The van der Waals surface area contributed by atoms with Crippen LogP contribution >= 0.6 is 0 Å². The van der Waals surface area contributed by atoms with Crippen LogP contribution in [0.3, 0.4) is 0 Å². The molecular formula is C20H21NO3. The Kier molecular flexibility index (Phi) is 5.16. The van der Waals surface area contributed by atoms with Crippen LogP contribution in [-0.2, 0) is 4.79 Å². The number of carbonyl (C=O) groups excluding carboxylic acids is 1. The molecule has 0 bridgehead atoms. The smallest absolute Gasteiger partial charge is 0.226 e. The van der Waals surface area contributed by atoms with Crippen molar-refractivity contribution in [1.82, 2.24) is 0 Å². The second kappa shape index (κ2) is 7.68. The van der Waals surface area contributed by atoms with Gasteiger partial charge >= 0.3 is 0 Å². The molecule has 0 aliphatic carbocycles. The van der Waals surface area contributed by atoms with Crippen LogP contribution in [0.25, 0.3) is 6.08 Å². The number of nitrogens with zero attached hydrogens (tertiary/aromatic N) is 1. The molecule has 1 aliphatic rings. The van der Waals surface area contributed by atoms with Crippen LogP contribution in [0.1, 0.15) is 18.9 Å². The van der Waals surface area contributed by atoms with Gasteiger partial charge < -0.3 is 14.4 Å². The van der Waals surface area contributed by atoms with E-state index in [0.717, 1.165) is 17.0 Å². The van der Waals surface area contributed by atoms with Gasteiger partial charge in [0.25, 0.3) is 0 Å². The van der Waals surface area contributed by atoms with E-state index in [2.05, 4.69) is 0 Å². The molecule has 0 radical (unpaired) electrons. The molecule has 24 heavy (non-hydrogen) atoms. The molecule has 1 aliphatic heterocycles. The fourth-order valence-electron chi connectivity index (χ4n) is 2.60. The lowest BCUT2D eigenvalue weighted by Crippen LogP contribution is -2.30. The molecule has 1 heterocycles. The summed E-state index contributed by atoms with van der Waals surface area (Å²) in [7, 11) is 0. The van der Waals surface area contributed by atoms with E-state index in [4.69, 9.17) is 9.47 Å². The minimum atomic E-state index is 0.0735. The zero-order valence-corrected chi connectivity index (χ0v) is 13.8. The first-order chi connectivity index (χ1) is 11.8. The van der Waals surface area contributed by atoms with E-state index < -0.39 is 0 Å². The van der Waals surface area contributed by atoms with Crippen LogP contribution in [0.4, 0.5) is 5.69 Å². The normalized spacial score (nSPS) is 13.0. The Labute approximate surface area is 142 Å². The van der Waals surface area contributed by atoms with Crippen molar-refractivity contribution in [2.45, 2.75) is 13.3 Å². The van der Waals surface area contributed by atoms with Gasteiger partial charge in [0.05, 0.1) is 0 Å². The second-order valence-corrected chi connectivity index (χ2v) is 5.50. The topological polar surface area (TPSA) is 38.8 Å². The highest BCUT2D eigenvalue weighted by atomic mass is 16.6. The zero-order chi connectivity index (χ0) is 16.8. The monoisotopic (exact) mass is 323 g/mol. The molecule has 3 rings (SSSR count). The van der Waals surface area contributed by atoms with Gasteiger partial charge in [-0.15, -0.1) is 0 Å². The summed E-state index contributed by atoms with van der Waals surface area (Å²) in [5.41, 5.74) is 1.94. The molecule has 1 amide bonds. The maximum atomic E-state index is 12.3. The van der Waals surface area contributed by atoms with E-state index in [-0.39, 0.29) is 5.91 Å². The van der Waals surface area contributed by atoms with Crippen molar-refractivity contribution < 1.29 is 14.3 Å². The van der Waals surface area contributed by atoms with E-state index in [0.29, 0.717) is 31.9 Å². The molecular weight excluding hydrogens is 302 g/mol. The quantitative estimate of drug-likeness (QED) is 0.837. The molecule has 0 atom stereocenters. The Balaban J connectivity index is 1.79. The van der Waals surface area contributed by atoms with Crippen molar-refractivity contribution in [3.63, 3.8) is 0 Å². The van der Waals surface area contributed by atoms with Crippen LogP contribution in [0, 0.1) is 0 Å². The Morgan fingerprint density at radius 3 is 2.58 bits per heavy atom. The summed E-state index contributed by atoms with van der Waals surface area (Å²) in [4.78, 5) is 14.1. The van der Waals surface area contributed by atoms with Gasteiger partial charge in [-0.25, -0.2) is 0 Å². The van der Waals surface area contributed by atoms with Crippen LogP contribution < -0.4 is 14.4 Å². The third kappa shape index (κ3) is 3.77. The van der Waals surface area contributed by atoms with E-state index in [1.807, 2.05) is 67.6 Å². The summed E-state index contributed by atoms with van der Waals surface area (Å²) in [6.45, 7) is 3.48. The van der Waals surface area contributed by atoms with Crippen molar-refractivity contribution in [1.29, 1.82) is 0 Å². The van der Waals surface area contributed by atoms with Crippen LogP contribution in [0.5, 0.6) is 11.5 Å². The SMILES string of the molecule is CCC(=O)N(CC=Cc1ccccc1)c1ccc2c(c1)OCCO2. The Morgan fingerprint density at radius 1 is 1.08 bits per heavy atom. The Bertz CT molecular complexity index is 725. The molecule has 4 heteroatoms. The van der Waals surface area contributed by atoms with Crippen LogP contribution in [-0.4, -0.2) is 25.7 Å². The van der Waals surface area contributed by atoms with E-state index >= 15 is 0 Å². The lowest BCUT2D eigenvalue weighted by atomic mass is 10.2. The number of hydrogen-bond donors (Lipinski definition) is 0. The summed E-state index contributed by atoms with van der Waals surface area (Å²) in [5, 5.41) is 0. The number of carbonyl (C=O) groups is 1. The third-order valence-corrected chi connectivity index (χ3v) is 3.84. The van der Waals surface area contributed by atoms with Gasteiger partial charge in [0, 0.05) is 24.7 Å². The predicted molar refractivity (Wildman–Crippen MR) is 95.6 cm³/mol. The molecule has 0 N–H and O–H groups in total. The van der Waals surface area contributed by atoms with Gasteiger partial charge in [-0.3, -0.25) is 4.79 Å². The third-order valence-electron chi connectivity index (χ3n) is 3.84. The van der Waals surface area contributed by atoms with Gasteiger partial charge in [0.1, 0.15) is 13.2 Å². The maximum Gasteiger partial charge on any atom is 0.226 e. The first-order valence-corrected chi connectivity index (χ1v) is 8.19.